The van der Waals surface area contributed by atoms with Crippen molar-refractivity contribution < 1.29 is 18.3 Å². The molecule has 6 heteroatoms. The standard InChI is InChI=1S/C14H21NO4S/c16-9-10-19-13-5-7-14(8-6-13)20(17,18)15-11-12-3-1-2-4-12/h5-8,12,15-16H,1-4,9-11H2. The Kier molecular flexibility index (Phi) is 5.39. The molecule has 1 aromatic rings. The monoisotopic (exact) mass is 299 g/mol. The average molecular weight is 299 g/mol. The molecule has 1 aromatic carbocycles. The van der Waals surface area contributed by atoms with Crippen molar-refractivity contribution in [3.8, 4) is 5.75 Å². The Morgan fingerprint density at radius 1 is 1.20 bits per heavy atom. The van der Waals surface area contributed by atoms with Gasteiger partial charge in [0.1, 0.15) is 12.4 Å². The van der Waals surface area contributed by atoms with Gasteiger partial charge in [0, 0.05) is 6.54 Å². The molecule has 0 aliphatic heterocycles. The first-order valence-electron chi connectivity index (χ1n) is 6.95. The summed E-state index contributed by atoms with van der Waals surface area (Å²) >= 11 is 0. The molecule has 2 rings (SSSR count). The summed E-state index contributed by atoms with van der Waals surface area (Å²) in [4.78, 5) is 0.242. The van der Waals surface area contributed by atoms with Crippen LogP contribution in [-0.4, -0.2) is 33.3 Å². The maximum Gasteiger partial charge on any atom is 0.240 e. The first kappa shape index (κ1) is 15.3. The lowest BCUT2D eigenvalue weighted by atomic mass is 10.1. The van der Waals surface area contributed by atoms with Gasteiger partial charge in [-0.2, -0.15) is 0 Å². The van der Waals surface area contributed by atoms with E-state index in [1.54, 1.807) is 12.1 Å². The highest BCUT2D eigenvalue weighted by atomic mass is 32.2. The third-order valence-electron chi connectivity index (χ3n) is 3.53. The molecule has 0 aromatic heterocycles. The van der Waals surface area contributed by atoms with Gasteiger partial charge in [0.25, 0.3) is 0 Å². The number of sulfonamides is 1. The number of aliphatic hydroxyl groups excluding tert-OH is 1. The quantitative estimate of drug-likeness (QED) is 0.800. The largest absolute Gasteiger partial charge is 0.491 e. The molecular formula is C14H21NO4S. The number of ether oxygens (including phenoxy) is 1. The second kappa shape index (κ2) is 7.06. The van der Waals surface area contributed by atoms with Gasteiger partial charge in [0.15, 0.2) is 0 Å². The van der Waals surface area contributed by atoms with Crippen molar-refractivity contribution in [1.82, 2.24) is 4.72 Å². The van der Waals surface area contributed by atoms with Crippen LogP contribution in [0.1, 0.15) is 25.7 Å². The Balaban J connectivity index is 1.94. The minimum absolute atomic E-state index is 0.0665. The third kappa shape index (κ3) is 4.19. The fourth-order valence-corrected chi connectivity index (χ4v) is 3.52. The van der Waals surface area contributed by atoms with Gasteiger partial charge in [0.2, 0.25) is 10.0 Å². The summed E-state index contributed by atoms with van der Waals surface area (Å²) in [6.45, 7) is 0.653. The van der Waals surface area contributed by atoms with Gasteiger partial charge in [-0.25, -0.2) is 13.1 Å². The van der Waals surface area contributed by atoms with Crippen LogP contribution in [0.25, 0.3) is 0 Å². The Bertz CT molecular complexity index is 506. The summed E-state index contributed by atoms with van der Waals surface area (Å²) in [5, 5.41) is 8.65. The molecule has 0 unspecified atom stereocenters. The van der Waals surface area contributed by atoms with Gasteiger partial charge in [-0.05, 0) is 43.0 Å². The summed E-state index contributed by atoms with van der Waals surface area (Å²) in [5.74, 6) is 1.02. The number of benzene rings is 1. The number of hydrogen-bond acceptors (Lipinski definition) is 4. The Morgan fingerprint density at radius 3 is 2.45 bits per heavy atom. The van der Waals surface area contributed by atoms with Crippen molar-refractivity contribution in [2.45, 2.75) is 30.6 Å². The van der Waals surface area contributed by atoms with Crippen molar-refractivity contribution in [1.29, 1.82) is 0 Å². The van der Waals surface area contributed by atoms with Crippen LogP contribution in [0.2, 0.25) is 0 Å². The Hall–Kier alpha value is -1.11. The second-order valence-corrected chi connectivity index (χ2v) is 6.81. The zero-order chi connectivity index (χ0) is 14.4. The van der Waals surface area contributed by atoms with Crippen LogP contribution < -0.4 is 9.46 Å². The summed E-state index contributed by atoms with van der Waals surface area (Å²) in [6, 6.07) is 6.23. The highest BCUT2D eigenvalue weighted by molar-refractivity contribution is 7.89. The normalized spacial score (nSPS) is 16.4. The molecule has 0 atom stereocenters. The first-order chi connectivity index (χ1) is 9.62. The third-order valence-corrected chi connectivity index (χ3v) is 4.97. The van der Waals surface area contributed by atoms with Crippen molar-refractivity contribution in [3.63, 3.8) is 0 Å². The molecule has 1 saturated carbocycles. The Morgan fingerprint density at radius 2 is 1.85 bits per heavy atom. The highest BCUT2D eigenvalue weighted by Crippen LogP contribution is 2.24. The average Bonchev–Trinajstić information content (AvgIpc) is 2.97. The van der Waals surface area contributed by atoms with Crippen LogP contribution >= 0.6 is 0 Å². The molecule has 0 amide bonds. The van der Waals surface area contributed by atoms with Crippen LogP contribution in [0.5, 0.6) is 5.75 Å². The zero-order valence-electron chi connectivity index (χ0n) is 11.4. The molecule has 5 nitrogen and oxygen atoms in total. The molecule has 0 bridgehead atoms. The molecule has 1 aliphatic rings. The fourth-order valence-electron chi connectivity index (χ4n) is 2.40. The molecule has 0 spiro atoms. The Labute approximate surface area is 120 Å². The maximum atomic E-state index is 12.1. The van der Waals surface area contributed by atoms with Gasteiger partial charge in [0.05, 0.1) is 11.5 Å². The van der Waals surface area contributed by atoms with Gasteiger partial charge >= 0.3 is 0 Å². The van der Waals surface area contributed by atoms with Gasteiger partial charge < -0.3 is 9.84 Å². The zero-order valence-corrected chi connectivity index (χ0v) is 12.2. The van der Waals surface area contributed by atoms with E-state index in [9.17, 15) is 8.42 Å². The fraction of sp³-hybridized carbons (Fsp3) is 0.571. The number of hydrogen-bond donors (Lipinski definition) is 2. The summed E-state index contributed by atoms with van der Waals surface area (Å²) in [7, 11) is -3.44. The predicted octanol–water partition coefficient (Wildman–Crippen LogP) is 1.53. The van der Waals surface area contributed by atoms with Crippen molar-refractivity contribution in [2.24, 2.45) is 5.92 Å². The van der Waals surface area contributed by atoms with E-state index < -0.39 is 10.0 Å². The molecule has 1 aliphatic carbocycles. The number of nitrogens with one attached hydrogen (secondary N) is 1. The van der Waals surface area contributed by atoms with E-state index in [-0.39, 0.29) is 18.1 Å². The lowest BCUT2D eigenvalue weighted by molar-refractivity contribution is 0.201. The van der Waals surface area contributed by atoms with Crippen molar-refractivity contribution in [3.05, 3.63) is 24.3 Å². The molecule has 2 N–H and O–H groups in total. The lowest BCUT2D eigenvalue weighted by Gasteiger charge is -2.11. The summed E-state index contributed by atoms with van der Waals surface area (Å²) in [5.41, 5.74) is 0. The smallest absolute Gasteiger partial charge is 0.240 e. The number of rotatable bonds is 7. The van der Waals surface area contributed by atoms with Crippen LogP contribution in [0.3, 0.4) is 0 Å². The van der Waals surface area contributed by atoms with Crippen molar-refractivity contribution in [2.75, 3.05) is 19.8 Å². The van der Waals surface area contributed by atoms with Crippen LogP contribution in [0.4, 0.5) is 0 Å². The van der Waals surface area contributed by atoms with E-state index in [1.165, 1.54) is 25.0 Å². The van der Waals surface area contributed by atoms with E-state index in [0.717, 1.165) is 12.8 Å². The molecule has 112 valence electrons. The van der Waals surface area contributed by atoms with E-state index >= 15 is 0 Å². The second-order valence-electron chi connectivity index (χ2n) is 5.05. The lowest BCUT2D eigenvalue weighted by Crippen LogP contribution is -2.28. The minimum Gasteiger partial charge on any atom is -0.491 e. The van der Waals surface area contributed by atoms with Gasteiger partial charge in [-0.3, -0.25) is 0 Å². The maximum absolute atomic E-state index is 12.1. The molecule has 1 fully saturated rings. The minimum atomic E-state index is -3.44. The molecule has 0 saturated heterocycles. The highest BCUT2D eigenvalue weighted by Gasteiger charge is 2.19. The van der Waals surface area contributed by atoms with E-state index in [0.29, 0.717) is 18.2 Å². The summed E-state index contributed by atoms with van der Waals surface area (Å²) in [6.07, 6.45) is 4.61. The molecule has 0 heterocycles. The summed E-state index contributed by atoms with van der Waals surface area (Å²) < 4.78 is 32.1. The van der Waals surface area contributed by atoms with E-state index in [2.05, 4.69) is 4.72 Å². The topological polar surface area (TPSA) is 75.6 Å². The van der Waals surface area contributed by atoms with E-state index in [4.69, 9.17) is 9.84 Å². The molecule has 0 radical (unpaired) electrons. The predicted molar refractivity (Wildman–Crippen MR) is 76.2 cm³/mol. The first-order valence-corrected chi connectivity index (χ1v) is 8.43. The van der Waals surface area contributed by atoms with Crippen LogP contribution in [-0.2, 0) is 10.0 Å². The van der Waals surface area contributed by atoms with E-state index in [1.807, 2.05) is 0 Å². The van der Waals surface area contributed by atoms with Gasteiger partial charge in [-0.1, -0.05) is 12.8 Å². The van der Waals surface area contributed by atoms with Gasteiger partial charge in [-0.15, -0.1) is 0 Å². The SMILES string of the molecule is O=S(=O)(NCC1CCCC1)c1ccc(OCCO)cc1. The van der Waals surface area contributed by atoms with Crippen molar-refractivity contribution >= 4 is 10.0 Å². The van der Waals surface area contributed by atoms with Crippen LogP contribution in [0.15, 0.2) is 29.2 Å². The van der Waals surface area contributed by atoms with Crippen LogP contribution in [0, 0.1) is 5.92 Å². The molecule has 20 heavy (non-hydrogen) atoms. The number of aliphatic hydroxyl groups is 1. The molecular weight excluding hydrogens is 278 g/mol.